The smallest absolute Gasteiger partial charge is 0.294 e. The van der Waals surface area contributed by atoms with Crippen molar-refractivity contribution in [2.24, 2.45) is 5.92 Å². The van der Waals surface area contributed by atoms with Gasteiger partial charge < -0.3 is 24.9 Å². The maximum atomic E-state index is 13.3. The van der Waals surface area contributed by atoms with E-state index in [1.54, 1.807) is 32.3 Å². The number of halogens is 1. The molecule has 0 aliphatic heterocycles. The maximum absolute atomic E-state index is 13.3. The normalized spacial score (nSPS) is 17.7. The summed E-state index contributed by atoms with van der Waals surface area (Å²) in [7, 11) is 7.32. The number of furan rings is 1. The van der Waals surface area contributed by atoms with Crippen LogP contribution in [0.4, 0.5) is 11.5 Å². The van der Waals surface area contributed by atoms with Gasteiger partial charge in [-0.05, 0) is 64.0 Å². The quantitative estimate of drug-likeness (QED) is 0.514. The summed E-state index contributed by atoms with van der Waals surface area (Å²) in [4.78, 5) is 51.0. The van der Waals surface area contributed by atoms with E-state index in [0.29, 0.717) is 11.1 Å². The minimum Gasteiger partial charge on any atom is -0.447 e. The maximum Gasteiger partial charge on any atom is 0.294 e. The Balaban J connectivity index is 1.66. The Morgan fingerprint density at radius 2 is 1.72 bits per heavy atom. The second-order valence-electron chi connectivity index (χ2n) is 9.32. The van der Waals surface area contributed by atoms with Crippen molar-refractivity contribution in [2.45, 2.75) is 31.7 Å². The SMILES string of the molecule is CN(C)C(=O)c1ccc2oc(C(=O)Nc3ccc(Cl)cn3)c(NC(=O)[C@H]3CC[C@H](N(C)C)CC3)c2n1. The zero-order chi connectivity index (χ0) is 26.0. The number of carbonyl (C=O) groups excluding carboxylic acids is 3. The molecule has 1 aliphatic rings. The summed E-state index contributed by atoms with van der Waals surface area (Å²) < 4.78 is 5.81. The molecule has 36 heavy (non-hydrogen) atoms. The minimum atomic E-state index is -0.616. The number of nitrogens with zero attached hydrogens (tertiary/aromatic N) is 4. The summed E-state index contributed by atoms with van der Waals surface area (Å²) in [5.74, 6) is -1.20. The van der Waals surface area contributed by atoms with Gasteiger partial charge in [-0.2, -0.15) is 0 Å². The molecule has 3 aromatic rings. The van der Waals surface area contributed by atoms with E-state index in [1.165, 1.54) is 17.2 Å². The van der Waals surface area contributed by atoms with Gasteiger partial charge in [-0.1, -0.05) is 11.6 Å². The highest BCUT2D eigenvalue weighted by Gasteiger charge is 2.30. The van der Waals surface area contributed by atoms with Gasteiger partial charge in [0.1, 0.15) is 22.7 Å². The fraction of sp³-hybridized carbons (Fsp3) is 0.400. The van der Waals surface area contributed by atoms with Crippen molar-refractivity contribution in [3.63, 3.8) is 0 Å². The van der Waals surface area contributed by atoms with Crippen LogP contribution < -0.4 is 10.6 Å². The van der Waals surface area contributed by atoms with Crippen molar-refractivity contribution >= 4 is 51.9 Å². The van der Waals surface area contributed by atoms with Gasteiger partial charge in [0, 0.05) is 32.3 Å². The summed E-state index contributed by atoms with van der Waals surface area (Å²) in [6.07, 6.45) is 4.69. The number of hydrogen-bond donors (Lipinski definition) is 2. The first-order valence-electron chi connectivity index (χ1n) is 11.7. The van der Waals surface area contributed by atoms with E-state index >= 15 is 0 Å². The molecule has 1 aliphatic carbocycles. The lowest BCUT2D eigenvalue weighted by Gasteiger charge is -2.31. The van der Waals surface area contributed by atoms with Gasteiger partial charge in [0.2, 0.25) is 11.7 Å². The van der Waals surface area contributed by atoms with E-state index in [-0.39, 0.29) is 51.8 Å². The first kappa shape index (κ1) is 25.6. The monoisotopic (exact) mass is 512 g/mol. The molecule has 0 saturated heterocycles. The molecule has 11 heteroatoms. The van der Waals surface area contributed by atoms with Crippen LogP contribution in [0.2, 0.25) is 5.02 Å². The minimum absolute atomic E-state index is 0.126. The first-order chi connectivity index (χ1) is 17.1. The van der Waals surface area contributed by atoms with Gasteiger partial charge in [-0.15, -0.1) is 0 Å². The van der Waals surface area contributed by atoms with E-state index in [1.807, 2.05) is 14.1 Å². The Morgan fingerprint density at radius 3 is 2.33 bits per heavy atom. The molecule has 1 fully saturated rings. The van der Waals surface area contributed by atoms with Crippen molar-refractivity contribution in [3.05, 3.63) is 46.9 Å². The van der Waals surface area contributed by atoms with E-state index in [2.05, 4.69) is 25.5 Å². The van der Waals surface area contributed by atoms with Gasteiger partial charge in [0.05, 0.1) is 5.02 Å². The second kappa shape index (κ2) is 10.6. The molecule has 0 unspecified atom stereocenters. The van der Waals surface area contributed by atoms with Crippen LogP contribution in [-0.4, -0.2) is 71.7 Å². The molecule has 190 valence electrons. The topological polar surface area (TPSA) is 121 Å². The van der Waals surface area contributed by atoms with Crippen molar-refractivity contribution in [2.75, 3.05) is 38.8 Å². The number of rotatable bonds is 6. The third kappa shape index (κ3) is 5.50. The number of hydrogen-bond acceptors (Lipinski definition) is 7. The molecule has 0 radical (unpaired) electrons. The third-order valence-corrected chi connectivity index (χ3v) is 6.60. The van der Waals surface area contributed by atoms with Crippen LogP contribution in [0.1, 0.15) is 46.7 Å². The number of carbonyl (C=O) groups is 3. The van der Waals surface area contributed by atoms with Crippen molar-refractivity contribution < 1.29 is 18.8 Å². The van der Waals surface area contributed by atoms with Crippen molar-refractivity contribution in [3.8, 4) is 0 Å². The van der Waals surface area contributed by atoms with Gasteiger partial charge in [0.25, 0.3) is 11.8 Å². The fourth-order valence-corrected chi connectivity index (χ4v) is 4.41. The summed E-state index contributed by atoms with van der Waals surface area (Å²) in [5.41, 5.74) is 0.796. The Labute approximate surface area is 214 Å². The predicted molar refractivity (Wildman–Crippen MR) is 137 cm³/mol. The molecule has 3 aromatic heterocycles. The molecular weight excluding hydrogens is 484 g/mol. The van der Waals surface area contributed by atoms with Gasteiger partial charge in [-0.25, -0.2) is 9.97 Å². The third-order valence-electron chi connectivity index (χ3n) is 6.38. The summed E-state index contributed by atoms with van der Waals surface area (Å²) in [5, 5.41) is 5.96. The Bertz CT molecular complexity index is 1280. The van der Waals surface area contributed by atoms with E-state index in [9.17, 15) is 14.4 Å². The number of aromatic nitrogens is 2. The molecular formula is C25H29ClN6O4. The Kier molecular flexibility index (Phi) is 7.56. The number of anilines is 2. The average Bonchev–Trinajstić information content (AvgIpc) is 3.22. The second-order valence-corrected chi connectivity index (χ2v) is 9.76. The van der Waals surface area contributed by atoms with Crippen LogP contribution in [-0.2, 0) is 4.79 Å². The zero-order valence-electron chi connectivity index (χ0n) is 20.7. The van der Waals surface area contributed by atoms with Crippen LogP contribution in [0, 0.1) is 5.92 Å². The van der Waals surface area contributed by atoms with Crippen LogP contribution in [0.3, 0.4) is 0 Å². The lowest BCUT2D eigenvalue weighted by Crippen LogP contribution is -2.35. The molecule has 3 amide bonds. The summed E-state index contributed by atoms with van der Waals surface area (Å²) in [6.45, 7) is 0. The predicted octanol–water partition coefficient (Wildman–Crippen LogP) is 3.89. The van der Waals surface area contributed by atoms with Crippen molar-refractivity contribution in [1.82, 2.24) is 19.8 Å². The zero-order valence-corrected chi connectivity index (χ0v) is 21.4. The molecule has 10 nitrogen and oxygen atoms in total. The first-order valence-corrected chi connectivity index (χ1v) is 12.1. The lowest BCUT2D eigenvalue weighted by atomic mass is 9.85. The lowest BCUT2D eigenvalue weighted by molar-refractivity contribution is -0.121. The highest BCUT2D eigenvalue weighted by Crippen LogP contribution is 2.33. The molecule has 0 spiro atoms. The Morgan fingerprint density at radius 1 is 1.00 bits per heavy atom. The molecule has 2 N–H and O–H groups in total. The molecule has 0 atom stereocenters. The number of nitrogens with one attached hydrogen (secondary N) is 2. The number of amides is 3. The summed E-state index contributed by atoms with van der Waals surface area (Å²) in [6, 6.07) is 6.67. The average molecular weight is 513 g/mol. The molecule has 1 saturated carbocycles. The highest BCUT2D eigenvalue weighted by molar-refractivity contribution is 6.30. The van der Waals surface area contributed by atoms with Gasteiger partial charge in [0.15, 0.2) is 5.58 Å². The molecule has 3 heterocycles. The largest absolute Gasteiger partial charge is 0.447 e. The van der Waals surface area contributed by atoms with Gasteiger partial charge in [-0.3, -0.25) is 14.4 Å². The fourth-order valence-electron chi connectivity index (χ4n) is 4.30. The molecule has 0 aromatic carbocycles. The Hall–Kier alpha value is -3.50. The van der Waals surface area contributed by atoms with Crippen LogP contribution in [0.25, 0.3) is 11.1 Å². The van der Waals surface area contributed by atoms with Crippen LogP contribution >= 0.6 is 11.6 Å². The van der Waals surface area contributed by atoms with Crippen LogP contribution in [0.5, 0.6) is 0 Å². The van der Waals surface area contributed by atoms with Crippen LogP contribution in [0.15, 0.2) is 34.9 Å². The van der Waals surface area contributed by atoms with E-state index in [0.717, 1.165) is 25.7 Å². The van der Waals surface area contributed by atoms with E-state index in [4.69, 9.17) is 16.0 Å². The molecule has 4 rings (SSSR count). The standard InChI is InChI=1S/C25H29ClN6O4/c1-31(2)16-8-5-14(6-9-16)23(33)30-21-20-18(11-10-17(28-20)25(35)32(3)4)36-22(21)24(34)29-19-12-7-15(26)13-27-19/h7,10-14,16H,5-6,8-9H2,1-4H3,(H,30,33)(H,27,29,34)/t14-,16-. The highest BCUT2D eigenvalue weighted by atomic mass is 35.5. The van der Waals surface area contributed by atoms with Gasteiger partial charge >= 0.3 is 0 Å². The number of pyridine rings is 2. The van der Waals surface area contributed by atoms with Crippen molar-refractivity contribution in [1.29, 1.82) is 0 Å². The summed E-state index contributed by atoms with van der Waals surface area (Å²) >= 11 is 5.88. The number of fused-ring (bicyclic) bond motifs is 1. The van der Waals surface area contributed by atoms with E-state index < -0.39 is 5.91 Å². The molecule has 0 bridgehead atoms.